The predicted octanol–water partition coefficient (Wildman–Crippen LogP) is 5.73. The van der Waals surface area contributed by atoms with E-state index in [0.29, 0.717) is 11.1 Å². The summed E-state index contributed by atoms with van der Waals surface area (Å²) in [6.45, 7) is 1.90. The molecule has 1 aliphatic heterocycles. The van der Waals surface area contributed by atoms with Gasteiger partial charge in [0.2, 0.25) is 17.2 Å². The average Bonchev–Trinajstić information content (AvgIpc) is 3.48. The number of ether oxygens (including phenoxy) is 1. The summed E-state index contributed by atoms with van der Waals surface area (Å²) in [7, 11) is 0. The van der Waals surface area contributed by atoms with Gasteiger partial charge in [0, 0.05) is 22.3 Å². The van der Waals surface area contributed by atoms with Crippen molar-refractivity contribution >= 4 is 23.1 Å². The molecule has 5 nitrogen and oxygen atoms in total. The van der Waals surface area contributed by atoms with Crippen LogP contribution < -0.4 is 0 Å². The second kappa shape index (κ2) is 7.76. The number of hydrogen-bond donors (Lipinski definition) is 0. The molecule has 38 heavy (non-hydrogen) atoms. The lowest BCUT2D eigenvalue weighted by Crippen LogP contribution is -2.51. The first-order valence-electron chi connectivity index (χ1n) is 12.6. The number of carbonyl (C=O) groups is 4. The summed E-state index contributed by atoms with van der Waals surface area (Å²) in [6.07, 6.45) is -1.15. The molecule has 2 unspecified atom stereocenters. The summed E-state index contributed by atoms with van der Waals surface area (Å²) in [5.74, 6) is -3.04. The maximum atomic E-state index is 14.6. The number of ketones is 4. The zero-order chi connectivity index (χ0) is 26.2. The lowest BCUT2D eigenvalue weighted by atomic mass is 9.59. The smallest absolute Gasteiger partial charge is 0.204 e. The molecule has 5 heteroatoms. The summed E-state index contributed by atoms with van der Waals surface area (Å²) in [5.41, 5.74) is -0.859. The molecule has 2 aliphatic carbocycles. The molecule has 1 heterocycles. The number of rotatable bonds is 2. The summed E-state index contributed by atoms with van der Waals surface area (Å²) in [4.78, 5) is 57.8. The SMILES string of the molecule is Cc1cccc(C2C3(OC(c4ccccc4)C24C(=O)c2ccccc2C4=O)C(=O)c2ccccc2C3=O)c1. The number of Topliss-reactive ketones (excluding diaryl/α,β-unsaturated/α-hetero) is 4. The van der Waals surface area contributed by atoms with Crippen molar-refractivity contribution in [1.29, 1.82) is 0 Å². The Morgan fingerprint density at radius 3 is 1.55 bits per heavy atom. The largest absolute Gasteiger partial charge is 0.348 e. The number of carbonyl (C=O) groups excluding carboxylic acids is 4. The van der Waals surface area contributed by atoms with Gasteiger partial charge in [-0.3, -0.25) is 19.2 Å². The van der Waals surface area contributed by atoms with Gasteiger partial charge in [0.25, 0.3) is 0 Å². The molecule has 4 aromatic rings. The van der Waals surface area contributed by atoms with Crippen LogP contribution in [0.3, 0.4) is 0 Å². The van der Waals surface area contributed by atoms with E-state index in [9.17, 15) is 19.2 Å². The molecule has 1 fully saturated rings. The molecule has 0 amide bonds. The van der Waals surface area contributed by atoms with E-state index < -0.39 is 46.2 Å². The van der Waals surface area contributed by atoms with Crippen LogP contribution in [-0.2, 0) is 4.74 Å². The Morgan fingerprint density at radius 2 is 1.03 bits per heavy atom. The monoisotopic (exact) mass is 498 g/mol. The van der Waals surface area contributed by atoms with E-state index in [-0.39, 0.29) is 22.3 Å². The third kappa shape index (κ3) is 2.59. The Balaban J connectivity index is 1.60. The number of hydrogen-bond acceptors (Lipinski definition) is 5. The molecule has 2 spiro atoms. The summed E-state index contributed by atoms with van der Waals surface area (Å²) in [5, 5.41) is 0. The van der Waals surface area contributed by atoms with Crippen LogP contribution in [0.5, 0.6) is 0 Å². The molecule has 1 saturated heterocycles. The van der Waals surface area contributed by atoms with Gasteiger partial charge in [0.1, 0.15) is 11.5 Å². The van der Waals surface area contributed by atoms with Gasteiger partial charge >= 0.3 is 0 Å². The highest BCUT2D eigenvalue weighted by Crippen LogP contribution is 2.67. The lowest BCUT2D eigenvalue weighted by molar-refractivity contribution is -0.0210. The van der Waals surface area contributed by atoms with Crippen molar-refractivity contribution in [3.05, 3.63) is 142 Å². The van der Waals surface area contributed by atoms with E-state index in [4.69, 9.17) is 4.74 Å². The van der Waals surface area contributed by atoms with E-state index in [1.54, 1.807) is 78.9 Å². The molecular formula is C33H22O5. The van der Waals surface area contributed by atoms with Crippen LogP contribution in [0.1, 0.15) is 70.1 Å². The third-order valence-corrected chi connectivity index (χ3v) is 8.32. The van der Waals surface area contributed by atoms with E-state index >= 15 is 0 Å². The molecule has 0 bridgehead atoms. The maximum Gasteiger partial charge on any atom is 0.204 e. The normalized spacial score (nSPS) is 22.3. The zero-order valence-electron chi connectivity index (χ0n) is 20.5. The minimum atomic E-state index is -2.06. The van der Waals surface area contributed by atoms with E-state index in [0.717, 1.165) is 5.56 Å². The Kier molecular flexibility index (Phi) is 4.64. The van der Waals surface area contributed by atoms with Crippen molar-refractivity contribution in [3.8, 4) is 0 Å². The molecule has 7 rings (SSSR count). The van der Waals surface area contributed by atoms with E-state index in [2.05, 4.69) is 0 Å². The van der Waals surface area contributed by atoms with Gasteiger partial charge in [-0.2, -0.15) is 0 Å². The van der Waals surface area contributed by atoms with E-state index in [1.165, 1.54) is 0 Å². The molecule has 0 saturated carbocycles. The summed E-state index contributed by atoms with van der Waals surface area (Å²) < 4.78 is 6.68. The Labute approximate surface area is 219 Å². The first-order valence-corrected chi connectivity index (χ1v) is 12.6. The Morgan fingerprint density at radius 1 is 0.553 bits per heavy atom. The van der Waals surface area contributed by atoms with Crippen molar-refractivity contribution in [2.45, 2.75) is 24.5 Å². The highest BCUT2D eigenvalue weighted by molar-refractivity contribution is 6.37. The quantitative estimate of drug-likeness (QED) is 0.330. The molecular weight excluding hydrogens is 476 g/mol. The summed E-state index contributed by atoms with van der Waals surface area (Å²) in [6, 6.07) is 29.6. The topological polar surface area (TPSA) is 77.5 Å². The zero-order valence-corrected chi connectivity index (χ0v) is 20.5. The van der Waals surface area contributed by atoms with E-state index in [1.807, 2.05) is 31.2 Å². The number of fused-ring (bicyclic) bond motifs is 2. The fraction of sp³-hybridized carbons (Fsp3) is 0.152. The van der Waals surface area contributed by atoms with Crippen LogP contribution in [-0.4, -0.2) is 28.7 Å². The van der Waals surface area contributed by atoms with Crippen LogP contribution in [0.25, 0.3) is 0 Å². The standard InChI is InChI=1S/C33H22O5/c1-19-10-9-13-21(18-19)26-32(27(34)22-14-5-6-15-23(22)28(32)35)31(20-11-3-2-4-12-20)38-33(26)29(36)24-16-7-8-17-25(24)30(33)37/h2-18,26,31H,1H3. The lowest BCUT2D eigenvalue weighted by Gasteiger charge is -2.34. The maximum absolute atomic E-state index is 14.6. The van der Waals surface area contributed by atoms with Crippen LogP contribution >= 0.6 is 0 Å². The number of benzene rings is 4. The van der Waals surface area contributed by atoms with Crippen LogP contribution in [0, 0.1) is 12.3 Å². The molecule has 4 aromatic carbocycles. The second-order valence-corrected chi connectivity index (χ2v) is 10.3. The van der Waals surface area contributed by atoms with Crippen molar-refractivity contribution in [2.75, 3.05) is 0 Å². The van der Waals surface area contributed by atoms with Crippen molar-refractivity contribution in [3.63, 3.8) is 0 Å². The molecule has 3 aliphatic rings. The van der Waals surface area contributed by atoms with Crippen LogP contribution in [0.4, 0.5) is 0 Å². The van der Waals surface area contributed by atoms with Gasteiger partial charge in [0.05, 0.1) is 5.92 Å². The minimum Gasteiger partial charge on any atom is -0.348 e. The first kappa shape index (κ1) is 22.7. The second-order valence-electron chi connectivity index (χ2n) is 10.3. The van der Waals surface area contributed by atoms with Gasteiger partial charge < -0.3 is 4.74 Å². The Hall–Kier alpha value is -4.48. The molecule has 0 aromatic heterocycles. The average molecular weight is 499 g/mol. The molecule has 0 N–H and O–H groups in total. The first-order chi connectivity index (χ1) is 18.4. The summed E-state index contributed by atoms with van der Waals surface area (Å²) >= 11 is 0. The number of aryl methyl sites for hydroxylation is 1. The van der Waals surface area contributed by atoms with Gasteiger partial charge in [-0.25, -0.2) is 0 Å². The highest BCUT2D eigenvalue weighted by atomic mass is 16.5. The van der Waals surface area contributed by atoms with Crippen molar-refractivity contribution < 1.29 is 23.9 Å². The molecule has 0 radical (unpaired) electrons. The van der Waals surface area contributed by atoms with Crippen molar-refractivity contribution in [2.24, 2.45) is 5.41 Å². The third-order valence-electron chi connectivity index (χ3n) is 8.32. The van der Waals surface area contributed by atoms with Crippen molar-refractivity contribution in [1.82, 2.24) is 0 Å². The van der Waals surface area contributed by atoms with Gasteiger partial charge in [-0.15, -0.1) is 0 Å². The fourth-order valence-electron chi connectivity index (χ4n) is 6.80. The van der Waals surface area contributed by atoms with Crippen LogP contribution in [0.15, 0.2) is 103 Å². The van der Waals surface area contributed by atoms with Gasteiger partial charge in [0.15, 0.2) is 11.6 Å². The highest BCUT2D eigenvalue weighted by Gasteiger charge is 2.79. The molecule has 2 atom stereocenters. The van der Waals surface area contributed by atoms with Gasteiger partial charge in [-0.1, -0.05) is 109 Å². The molecule has 184 valence electrons. The fourth-order valence-corrected chi connectivity index (χ4v) is 6.80. The van der Waals surface area contributed by atoms with Crippen LogP contribution in [0.2, 0.25) is 0 Å². The predicted molar refractivity (Wildman–Crippen MR) is 140 cm³/mol. The Bertz CT molecular complexity index is 1630. The minimum absolute atomic E-state index is 0.245. The van der Waals surface area contributed by atoms with Gasteiger partial charge in [-0.05, 0) is 18.1 Å².